The van der Waals surface area contributed by atoms with Crippen LogP contribution in [0.1, 0.15) is 23.2 Å². The van der Waals surface area contributed by atoms with Crippen LogP contribution in [0, 0.1) is 16.0 Å². The molecular weight excluding hydrogens is 248 g/mol. The fourth-order valence-corrected chi connectivity index (χ4v) is 1.97. The van der Waals surface area contributed by atoms with Crippen molar-refractivity contribution in [2.75, 3.05) is 13.6 Å². The molecule has 0 heterocycles. The molecule has 0 spiro atoms. The van der Waals surface area contributed by atoms with E-state index in [-0.39, 0.29) is 23.7 Å². The lowest BCUT2D eigenvalue weighted by atomic mass is 10.1. The zero-order valence-corrected chi connectivity index (χ0v) is 10.7. The van der Waals surface area contributed by atoms with E-state index in [1.165, 1.54) is 29.2 Å². The Morgan fingerprint density at radius 2 is 2.26 bits per heavy atom. The number of non-ortho nitro benzene ring substituents is 1. The first-order valence-electron chi connectivity index (χ1n) is 6.17. The molecule has 1 aliphatic rings. The van der Waals surface area contributed by atoms with Gasteiger partial charge in [-0.25, -0.2) is 0 Å². The Balaban J connectivity index is 2.05. The minimum atomic E-state index is -0.532. The van der Waals surface area contributed by atoms with Gasteiger partial charge in [0, 0.05) is 31.3 Å². The Labute approximate surface area is 110 Å². The van der Waals surface area contributed by atoms with Gasteiger partial charge in [-0.15, -0.1) is 0 Å². The van der Waals surface area contributed by atoms with Crippen LogP contribution in [0.2, 0.25) is 0 Å². The summed E-state index contributed by atoms with van der Waals surface area (Å²) in [6, 6.07) is 5.62. The third-order valence-corrected chi connectivity index (χ3v) is 3.28. The Bertz CT molecular complexity index is 499. The summed E-state index contributed by atoms with van der Waals surface area (Å²) in [7, 11) is 1.59. The number of carbonyl (C=O) groups excluding carboxylic acids is 1. The quantitative estimate of drug-likeness (QED) is 0.644. The number of benzene rings is 1. The molecule has 6 heteroatoms. The first-order valence-corrected chi connectivity index (χ1v) is 6.17. The molecule has 1 unspecified atom stereocenters. The van der Waals surface area contributed by atoms with Crippen molar-refractivity contribution in [2.45, 2.75) is 18.9 Å². The average molecular weight is 264 g/mol. The van der Waals surface area contributed by atoms with Gasteiger partial charge in [-0.3, -0.25) is 14.9 Å². The maximum atomic E-state index is 12.1. The molecule has 102 valence electrons. The van der Waals surface area contributed by atoms with Crippen LogP contribution in [-0.2, 0) is 0 Å². The van der Waals surface area contributed by atoms with Gasteiger partial charge < -0.3 is 10.0 Å². The molecule has 1 amide bonds. The third-order valence-electron chi connectivity index (χ3n) is 3.28. The van der Waals surface area contributed by atoms with Crippen molar-refractivity contribution in [3.05, 3.63) is 39.9 Å². The zero-order valence-electron chi connectivity index (χ0n) is 10.7. The number of nitrogens with zero attached hydrogens (tertiary/aromatic N) is 2. The predicted octanol–water partition coefficient (Wildman–Crippen LogP) is 1.44. The van der Waals surface area contributed by atoms with E-state index < -0.39 is 11.0 Å². The second kappa shape index (κ2) is 5.36. The molecule has 0 aliphatic heterocycles. The smallest absolute Gasteiger partial charge is 0.270 e. The number of hydrogen-bond donors (Lipinski definition) is 1. The van der Waals surface area contributed by atoms with Gasteiger partial charge in [0.15, 0.2) is 0 Å². The van der Waals surface area contributed by atoms with E-state index in [0.717, 1.165) is 12.8 Å². The van der Waals surface area contributed by atoms with Crippen LogP contribution in [0.25, 0.3) is 0 Å². The second-order valence-corrected chi connectivity index (χ2v) is 4.90. The first kappa shape index (κ1) is 13.5. The number of nitro groups is 1. The Kier molecular flexibility index (Phi) is 3.80. The van der Waals surface area contributed by atoms with E-state index in [4.69, 9.17) is 0 Å². The molecule has 0 saturated heterocycles. The van der Waals surface area contributed by atoms with E-state index in [1.807, 2.05) is 0 Å². The second-order valence-electron chi connectivity index (χ2n) is 4.90. The molecule has 1 fully saturated rings. The molecule has 1 aromatic carbocycles. The maximum absolute atomic E-state index is 12.1. The van der Waals surface area contributed by atoms with Crippen LogP contribution >= 0.6 is 0 Å². The van der Waals surface area contributed by atoms with E-state index >= 15 is 0 Å². The van der Waals surface area contributed by atoms with Crippen molar-refractivity contribution >= 4 is 11.6 Å². The lowest BCUT2D eigenvalue weighted by Gasteiger charge is -2.20. The number of rotatable bonds is 5. The molecule has 0 aromatic heterocycles. The van der Waals surface area contributed by atoms with Gasteiger partial charge in [0.25, 0.3) is 11.6 Å². The van der Waals surface area contributed by atoms with Gasteiger partial charge in [0.05, 0.1) is 11.0 Å². The minimum Gasteiger partial charge on any atom is -0.391 e. The number of nitro benzene ring substituents is 1. The van der Waals surface area contributed by atoms with Crippen molar-refractivity contribution in [1.29, 1.82) is 0 Å². The zero-order chi connectivity index (χ0) is 14.0. The molecule has 0 bridgehead atoms. The summed E-state index contributed by atoms with van der Waals surface area (Å²) in [5.41, 5.74) is 0.154. The van der Waals surface area contributed by atoms with E-state index in [0.29, 0.717) is 5.92 Å². The fraction of sp³-hybridized carbons (Fsp3) is 0.462. The van der Waals surface area contributed by atoms with Gasteiger partial charge in [0.2, 0.25) is 0 Å². The fourth-order valence-electron chi connectivity index (χ4n) is 1.97. The molecule has 1 aromatic rings. The van der Waals surface area contributed by atoms with Crippen LogP contribution in [0.5, 0.6) is 0 Å². The highest BCUT2D eigenvalue weighted by Gasteiger charge is 2.31. The van der Waals surface area contributed by atoms with Crippen LogP contribution in [-0.4, -0.2) is 40.5 Å². The average Bonchev–Trinajstić information content (AvgIpc) is 3.22. The summed E-state index contributed by atoms with van der Waals surface area (Å²) in [6.07, 6.45) is 1.49. The van der Waals surface area contributed by atoms with Crippen LogP contribution in [0.4, 0.5) is 5.69 Å². The van der Waals surface area contributed by atoms with E-state index in [1.54, 1.807) is 7.05 Å². The minimum absolute atomic E-state index is 0.109. The molecule has 0 radical (unpaired) electrons. The van der Waals surface area contributed by atoms with Crippen molar-refractivity contribution in [1.82, 2.24) is 4.90 Å². The van der Waals surface area contributed by atoms with Crippen LogP contribution in [0.15, 0.2) is 24.3 Å². The number of hydrogen-bond acceptors (Lipinski definition) is 4. The lowest BCUT2D eigenvalue weighted by molar-refractivity contribution is -0.384. The van der Waals surface area contributed by atoms with Gasteiger partial charge in [-0.1, -0.05) is 6.07 Å². The molecule has 6 nitrogen and oxygen atoms in total. The number of likely N-dealkylation sites (N-methyl/N-ethyl adjacent to an activating group) is 1. The number of aliphatic hydroxyl groups excluding tert-OH is 1. The van der Waals surface area contributed by atoms with Gasteiger partial charge in [-0.2, -0.15) is 0 Å². The summed E-state index contributed by atoms with van der Waals surface area (Å²) in [5, 5.41) is 20.5. The highest BCUT2D eigenvalue weighted by molar-refractivity contribution is 5.94. The van der Waals surface area contributed by atoms with Crippen molar-refractivity contribution in [2.24, 2.45) is 5.92 Å². The Hall–Kier alpha value is -1.95. The van der Waals surface area contributed by atoms with Crippen molar-refractivity contribution in [3.63, 3.8) is 0 Å². The molecule has 19 heavy (non-hydrogen) atoms. The monoisotopic (exact) mass is 264 g/mol. The highest BCUT2D eigenvalue weighted by Crippen LogP contribution is 2.32. The van der Waals surface area contributed by atoms with Crippen LogP contribution < -0.4 is 0 Å². The van der Waals surface area contributed by atoms with Gasteiger partial charge in [-0.05, 0) is 24.8 Å². The summed E-state index contributed by atoms with van der Waals surface area (Å²) >= 11 is 0. The van der Waals surface area contributed by atoms with Crippen molar-refractivity contribution in [3.8, 4) is 0 Å². The molecular formula is C13H16N2O4. The van der Waals surface area contributed by atoms with Crippen molar-refractivity contribution < 1.29 is 14.8 Å². The number of carbonyl (C=O) groups is 1. The molecule has 1 aliphatic carbocycles. The summed E-state index contributed by atoms with van der Waals surface area (Å²) in [4.78, 5) is 23.6. The predicted molar refractivity (Wildman–Crippen MR) is 68.8 cm³/mol. The summed E-state index contributed by atoms with van der Waals surface area (Å²) < 4.78 is 0. The molecule has 2 rings (SSSR count). The number of amides is 1. The molecule has 1 atom stereocenters. The van der Waals surface area contributed by atoms with Crippen LogP contribution in [0.3, 0.4) is 0 Å². The number of aliphatic hydroxyl groups is 1. The lowest BCUT2D eigenvalue weighted by Crippen LogP contribution is -2.35. The molecule has 1 saturated carbocycles. The van der Waals surface area contributed by atoms with E-state index in [2.05, 4.69) is 0 Å². The Morgan fingerprint density at radius 1 is 1.58 bits per heavy atom. The highest BCUT2D eigenvalue weighted by atomic mass is 16.6. The summed E-state index contributed by atoms with van der Waals surface area (Å²) in [5.74, 6) is -0.0243. The topological polar surface area (TPSA) is 83.7 Å². The largest absolute Gasteiger partial charge is 0.391 e. The Morgan fingerprint density at radius 3 is 2.84 bits per heavy atom. The third kappa shape index (κ3) is 3.29. The molecule has 1 N–H and O–H groups in total. The standard InChI is InChI=1S/C13H16N2O4/c1-14(8-12(16)9-5-6-9)13(17)10-3-2-4-11(7-10)15(18)19/h2-4,7,9,12,16H,5-6,8H2,1H3. The van der Waals surface area contributed by atoms with Gasteiger partial charge >= 0.3 is 0 Å². The van der Waals surface area contributed by atoms with E-state index in [9.17, 15) is 20.0 Å². The maximum Gasteiger partial charge on any atom is 0.270 e. The SMILES string of the molecule is CN(CC(O)C1CC1)C(=O)c1cccc([N+](=O)[O-])c1. The van der Waals surface area contributed by atoms with Gasteiger partial charge in [0.1, 0.15) is 0 Å². The summed E-state index contributed by atoms with van der Waals surface area (Å²) in [6.45, 7) is 0.256. The normalized spacial score (nSPS) is 15.9. The first-order chi connectivity index (χ1) is 8.99.